The molecule has 0 spiro atoms. The monoisotopic (exact) mass is 946 g/mol. The van der Waals surface area contributed by atoms with Crippen molar-refractivity contribution in [3.63, 3.8) is 0 Å². The van der Waals surface area contributed by atoms with Crippen molar-refractivity contribution in [2.45, 2.75) is 251 Å². The number of phosphoric ester groups is 1. The van der Waals surface area contributed by atoms with Crippen LogP contribution < -0.4 is 5.73 Å². The minimum atomic E-state index is -4.30. The molecule has 0 fully saturated rings. The van der Waals surface area contributed by atoms with Gasteiger partial charge in [-0.05, 0) is 64.2 Å². The number of rotatable bonds is 52. The highest BCUT2D eigenvalue weighted by molar-refractivity contribution is 7.47. The van der Waals surface area contributed by atoms with Gasteiger partial charge in [0.15, 0.2) is 0 Å². The first-order valence-electron chi connectivity index (χ1n) is 27.4. The summed E-state index contributed by atoms with van der Waals surface area (Å²) >= 11 is 0. The van der Waals surface area contributed by atoms with Gasteiger partial charge < -0.3 is 20.1 Å². The van der Waals surface area contributed by atoms with E-state index >= 15 is 0 Å². The second-order valence-electron chi connectivity index (χ2n) is 18.1. The Labute approximate surface area is 407 Å². The fourth-order valence-corrected chi connectivity index (χ4v) is 8.41. The Morgan fingerprint density at radius 3 is 1.24 bits per heavy atom. The number of carbonyl (C=O) groups excluding carboxylic acids is 1. The predicted molar refractivity (Wildman–Crippen MR) is 284 cm³/mol. The first-order valence-corrected chi connectivity index (χ1v) is 28.9. The second-order valence-corrected chi connectivity index (χ2v) is 19.5. The predicted octanol–water partition coefficient (Wildman–Crippen LogP) is 17.4. The van der Waals surface area contributed by atoms with Crippen LogP contribution in [0.4, 0.5) is 0 Å². The average molecular weight is 946 g/mol. The molecule has 2 unspecified atom stereocenters. The SMILES string of the molecule is CC/C=C\C/C=C\C/C=C\C/C=C\C/C=C\C/C=C\CCCCC(=O)OC(COCCCCCCCCCCCCCCCCCCCCCCCCCCCC)COP(=O)(O)OCCN. The van der Waals surface area contributed by atoms with Crippen molar-refractivity contribution in [3.8, 4) is 0 Å². The van der Waals surface area contributed by atoms with Gasteiger partial charge in [-0.25, -0.2) is 4.57 Å². The van der Waals surface area contributed by atoms with E-state index in [2.05, 4.69) is 86.8 Å². The molecule has 3 N–H and O–H groups in total. The van der Waals surface area contributed by atoms with Crippen LogP contribution in [0.1, 0.15) is 245 Å². The van der Waals surface area contributed by atoms with E-state index in [-0.39, 0.29) is 38.8 Å². The number of phosphoric acid groups is 1. The molecule has 0 saturated heterocycles. The van der Waals surface area contributed by atoms with Crippen molar-refractivity contribution in [1.29, 1.82) is 0 Å². The van der Waals surface area contributed by atoms with Gasteiger partial charge >= 0.3 is 13.8 Å². The quantitative estimate of drug-likeness (QED) is 0.0268. The fourth-order valence-electron chi connectivity index (χ4n) is 7.65. The number of ether oxygens (including phenoxy) is 2. The summed E-state index contributed by atoms with van der Waals surface area (Å²) in [6.07, 6.45) is 69.6. The van der Waals surface area contributed by atoms with Crippen molar-refractivity contribution in [3.05, 3.63) is 72.9 Å². The van der Waals surface area contributed by atoms with Crippen LogP contribution in [0.3, 0.4) is 0 Å². The number of carbonyl (C=O) groups is 1. The molecule has 0 saturated carbocycles. The zero-order chi connectivity index (χ0) is 48.0. The molecule has 0 aliphatic heterocycles. The van der Waals surface area contributed by atoms with E-state index in [0.29, 0.717) is 13.0 Å². The van der Waals surface area contributed by atoms with E-state index in [0.717, 1.165) is 64.2 Å². The lowest BCUT2D eigenvalue weighted by atomic mass is 10.0. The van der Waals surface area contributed by atoms with Crippen LogP contribution in [0.25, 0.3) is 0 Å². The summed E-state index contributed by atoms with van der Waals surface area (Å²) in [5, 5.41) is 0. The van der Waals surface area contributed by atoms with E-state index in [1.54, 1.807) is 0 Å². The van der Waals surface area contributed by atoms with E-state index in [1.165, 1.54) is 154 Å². The van der Waals surface area contributed by atoms with Crippen LogP contribution >= 0.6 is 7.82 Å². The number of nitrogens with two attached hydrogens (primary N) is 1. The zero-order valence-electron chi connectivity index (χ0n) is 42.9. The van der Waals surface area contributed by atoms with Gasteiger partial charge in [-0.15, -0.1) is 0 Å². The van der Waals surface area contributed by atoms with Crippen LogP contribution in [-0.2, 0) is 27.9 Å². The standard InChI is InChI=1S/C57H104NO7P/c1-3-5-7-9-11-13-15-17-19-21-23-25-26-27-28-29-31-33-35-37-39-41-43-45-47-49-52-62-54-56(55-64-66(60,61)63-53-51-58)65-57(59)50-48-46-44-42-40-38-36-34-32-30-24-22-20-18-16-14-12-10-8-6-4-2/h6,8,12,14,18,20,24,30,34,36,40,42,56H,3-5,7,9-11,13,15-17,19,21-23,25-29,31-33,35,37-39,41,43-55,58H2,1-2H3,(H,60,61)/b8-6-,14-12-,20-18-,30-24-,36-34-,42-40-. The van der Waals surface area contributed by atoms with Crippen molar-refractivity contribution >= 4 is 13.8 Å². The molecular weight excluding hydrogens is 842 g/mol. The lowest BCUT2D eigenvalue weighted by Gasteiger charge is -2.20. The van der Waals surface area contributed by atoms with Crippen molar-refractivity contribution in [1.82, 2.24) is 0 Å². The van der Waals surface area contributed by atoms with E-state index < -0.39 is 13.9 Å². The third-order valence-electron chi connectivity index (χ3n) is 11.6. The lowest BCUT2D eigenvalue weighted by molar-refractivity contribution is -0.154. The normalized spacial score (nSPS) is 13.8. The van der Waals surface area contributed by atoms with Gasteiger partial charge in [0, 0.05) is 19.6 Å². The minimum Gasteiger partial charge on any atom is -0.457 e. The van der Waals surface area contributed by atoms with Crippen LogP contribution in [0, 0.1) is 0 Å². The van der Waals surface area contributed by atoms with Crippen molar-refractivity contribution in [2.75, 3.05) is 33.0 Å². The molecule has 0 bridgehead atoms. The molecule has 0 heterocycles. The molecule has 66 heavy (non-hydrogen) atoms. The first kappa shape index (κ1) is 63.9. The maximum atomic E-state index is 12.7. The molecule has 0 aromatic rings. The maximum Gasteiger partial charge on any atom is 0.472 e. The number of unbranched alkanes of at least 4 members (excludes halogenated alkanes) is 27. The summed E-state index contributed by atoms with van der Waals surface area (Å²) in [5.41, 5.74) is 5.39. The fraction of sp³-hybridized carbons (Fsp3) is 0.772. The molecule has 0 radical (unpaired) electrons. The molecule has 9 heteroatoms. The molecule has 0 aliphatic carbocycles. The van der Waals surface area contributed by atoms with Crippen LogP contribution in [-0.4, -0.2) is 49.9 Å². The van der Waals surface area contributed by atoms with Crippen molar-refractivity contribution < 1.29 is 32.8 Å². The summed E-state index contributed by atoms with van der Waals surface area (Å²) < 4.78 is 33.6. The molecule has 2 atom stereocenters. The largest absolute Gasteiger partial charge is 0.472 e. The van der Waals surface area contributed by atoms with E-state index in [9.17, 15) is 14.3 Å². The molecule has 0 aliphatic rings. The molecule has 384 valence electrons. The Morgan fingerprint density at radius 1 is 0.470 bits per heavy atom. The van der Waals surface area contributed by atoms with Gasteiger partial charge in [-0.2, -0.15) is 0 Å². The topological polar surface area (TPSA) is 117 Å². The summed E-state index contributed by atoms with van der Waals surface area (Å²) in [5.74, 6) is -0.370. The van der Waals surface area contributed by atoms with Crippen LogP contribution in [0.5, 0.6) is 0 Å². The highest BCUT2D eigenvalue weighted by Crippen LogP contribution is 2.43. The highest BCUT2D eigenvalue weighted by Gasteiger charge is 2.25. The van der Waals surface area contributed by atoms with Gasteiger partial charge in [0.1, 0.15) is 6.10 Å². The highest BCUT2D eigenvalue weighted by atomic mass is 31.2. The van der Waals surface area contributed by atoms with Crippen LogP contribution in [0.2, 0.25) is 0 Å². The van der Waals surface area contributed by atoms with Gasteiger partial charge in [-0.1, -0.05) is 247 Å². The van der Waals surface area contributed by atoms with Gasteiger partial charge in [0.05, 0.1) is 19.8 Å². The number of hydrogen-bond acceptors (Lipinski definition) is 7. The van der Waals surface area contributed by atoms with Crippen LogP contribution in [0.15, 0.2) is 72.9 Å². The van der Waals surface area contributed by atoms with E-state index in [4.69, 9.17) is 24.3 Å². The Kier molecular flexibility index (Phi) is 52.2. The smallest absolute Gasteiger partial charge is 0.457 e. The Morgan fingerprint density at radius 2 is 0.848 bits per heavy atom. The molecule has 8 nitrogen and oxygen atoms in total. The number of esters is 1. The minimum absolute atomic E-state index is 0.0909. The molecule has 0 amide bonds. The van der Waals surface area contributed by atoms with Gasteiger partial charge in [0.25, 0.3) is 0 Å². The third kappa shape index (κ3) is 52.9. The molecular formula is C57H104NO7P. The second kappa shape index (κ2) is 53.9. The van der Waals surface area contributed by atoms with E-state index in [1.807, 2.05) is 0 Å². The van der Waals surface area contributed by atoms with Crippen molar-refractivity contribution in [2.24, 2.45) is 5.73 Å². The third-order valence-corrected chi connectivity index (χ3v) is 12.6. The summed E-state index contributed by atoms with van der Waals surface area (Å²) in [4.78, 5) is 22.6. The lowest BCUT2D eigenvalue weighted by Crippen LogP contribution is -2.28. The first-order chi connectivity index (χ1) is 32.4. The zero-order valence-corrected chi connectivity index (χ0v) is 43.8. The Hall–Kier alpha value is -2.06. The maximum absolute atomic E-state index is 12.7. The Bertz CT molecular complexity index is 1250. The molecule has 0 rings (SSSR count). The average Bonchev–Trinajstić information content (AvgIpc) is 3.31. The number of hydrogen-bond donors (Lipinski definition) is 2. The summed E-state index contributed by atoms with van der Waals surface area (Å²) in [7, 11) is -4.30. The van der Waals surface area contributed by atoms with Gasteiger partial charge in [-0.3, -0.25) is 13.8 Å². The molecule has 0 aromatic carbocycles. The van der Waals surface area contributed by atoms with Gasteiger partial charge in [0.2, 0.25) is 0 Å². The summed E-state index contributed by atoms with van der Waals surface area (Å²) in [6, 6.07) is 0. The Balaban J connectivity index is 3.95. The molecule has 0 aromatic heterocycles. The summed E-state index contributed by atoms with van der Waals surface area (Å²) in [6.45, 7) is 4.78. The number of allylic oxidation sites excluding steroid dienone is 12.